The molecule has 2 rings (SSSR count). The Morgan fingerprint density at radius 1 is 1.40 bits per heavy atom. The van der Waals surface area contributed by atoms with Gasteiger partial charge >= 0.3 is 0 Å². The smallest absolute Gasteiger partial charge is 0.186 e. The van der Waals surface area contributed by atoms with Gasteiger partial charge in [-0.2, -0.15) is 0 Å². The van der Waals surface area contributed by atoms with Crippen LogP contribution in [0.2, 0.25) is 0 Å². The topological polar surface area (TPSA) is 28.2 Å². The van der Waals surface area contributed by atoms with Crippen molar-refractivity contribution in [1.82, 2.24) is 10.3 Å². The van der Waals surface area contributed by atoms with Crippen molar-refractivity contribution in [1.29, 1.82) is 0 Å². The predicted octanol–water partition coefficient (Wildman–Crippen LogP) is 4.14. The monoisotopic (exact) mass is 295 g/mol. The minimum absolute atomic E-state index is 0.485. The molecule has 0 fully saturated rings. The van der Waals surface area contributed by atoms with Crippen molar-refractivity contribution in [2.75, 3.05) is 18.0 Å². The lowest BCUT2D eigenvalue weighted by atomic mass is 9.97. The second kappa shape index (κ2) is 7.41. The van der Waals surface area contributed by atoms with E-state index in [1.807, 2.05) is 11.3 Å². The molecule has 0 aliphatic heterocycles. The number of aromatic nitrogens is 1. The van der Waals surface area contributed by atoms with Crippen molar-refractivity contribution in [3.05, 3.63) is 10.6 Å². The molecular weight excluding hydrogens is 266 g/mol. The fraction of sp³-hybridized carbons (Fsp3) is 0.812. The van der Waals surface area contributed by atoms with E-state index in [9.17, 15) is 0 Å². The van der Waals surface area contributed by atoms with E-state index in [-0.39, 0.29) is 0 Å². The maximum atomic E-state index is 5.01. The summed E-state index contributed by atoms with van der Waals surface area (Å²) in [6.07, 6.45) is 6.12. The second-order valence-corrected chi connectivity index (χ2v) is 6.81. The molecule has 1 aromatic heterocycles. The molecule has 0 amide bonds. The Morgan fingerprint density at radius 2 is 2.20 bits per heavy atom. The fourth-order valence-corrected chi connectivity index (χ4v) is 4.23. The van der Waals surface area contributed by atoms with Crippen molar-refractivity contribution in [2.24, 2.45) is 0 Å². The van der Waals surface area contributed by atoms with Gasteiger partial charge in [-0.05, 0) is 52.5 Å². The number of thiazole rings is 1. The second-order valence-electron chi connectivity index (χ2n) is 5.75. The first kappa shape index (κ1) is 15.8. The van der Waals surface area contributed by atoms with Crippen LogP contribution in [0.4, 0.5) is 5.13 Å². The van der Waals surface area contributed by atoms with Crippen molar-refractivity contribution in [2.45, 2.75) is 71.9 Å². The molecule has 0 spiro atoms. The molecule has 0 saturated carbocycles. The van der Waals surface area contributed by atoms with E-state index in [0.717, 1.165) is 13.1 Å². The van der Waals surface area contributed by atoms with Crippen LogP contribution >= 0.6 is 11.3 Å². The van der Waals surface area contributed by atoms with Crippen LogP contribution in [-0.2, 0) is 6.42 Å². The van der Waals surface area contributed by atoms with Crippen LogP contribution in [0.1, 0.15) is 70.0 Å². The summed E-state index contributed by atoms with van der Waals surface area (Å²) in [5, 5.41) is 4.90. The highest BCUT2D eigenvalue weighted by Crippen LogP contribution is 2.37. The van der Waals surface area contributed by atoms with Gasteiger partial charge in [-0.25, -0.2) is 4.98 Å². The molecular formula is C16H29N3S. The molecule has 0 aromatic carbocycles. The van der Waals surface area contributed by atoms with Crippen LogP contribution in [0, 0.1) is 0 Å². The molecule has 2 atom stereocenters. The summed E-state index contributed by atoms with van der Waals surface area (Å²) in [4.78, 5) is 8.98. The van der Waals surface area contributed by atoms with Crippen molar-refractivity contribution >= 4 is 16.5 Å². The van der Waals surface area contributed by atoms with Gasteiger partial charge in [0.05, 0.1) is 11.7 Å². The maximum absolute atomic E-state index is 5.01. The normalized spacial score (nSPS) is 19.7. The Labute approximate surface area is 127 Å². The third-order valence-electron chi connectivity index (χ3n) is 4.29. The zero-order valence-corrected chi connectivity index (χ0v) is 14.2. The molecule has 0 radical (unpaired) electrons. The number of nitrogens with one attached hydrogen (secondary N) is 1. The standard InChI is InChI=1S/C16H29N3S/c1-5-11-17-13-9-8-10-14-15(13)18-16(20-14)19(7-3)12(4)6-2/h12-13,17H,5-11H2,1-4H3. The largest absolute Gasteiger partial charge is 0.346 e. The van der Waals surface area contributed by atoms with Gasteiger partial charge < -0.3 is 10.2 Å². The minimum Gasteiger partial charge on any atom is -0.346 e. The molecule has 20 heavy (non-hydrogen) atoms. The molecule has 0 bridgehead atoms. The lowest BCUT2D eigenvalue weighted by molar-refractivity contribution is 0.454. The lowest BCUT2D eigenvalue weighted by Gasteiger charge is -2.26. The molecule has 1 aliphatic rings. The zero-order chi connectivity index (χ0) is 14.5. The van der Waals surface area contributed by atoms with Crippen LogP contribution in [0.3, 0.4) is 0 Å². The Balaban J connectivity index is 2.20. The summed E-state index contributed by atoms with van der Waals surface area (Å²) >= 11 is 1.92. The van der Waals surface area contributed by atoms with E-state index < -0.39 is 0 Å². The molecule has 1 heterocycles. The first-order chi connectivity index (χ1) is 9.71. The Bertz CT molecular complexity index is 416. The first-order valence-corrected chi connectivity index (χ1v) is 9.02. The Morgan fingerprint density at radius 3 is 2.85 bits per heavy atom. The summed E-state index contributed by atoms with van der Waals surface area (Å²) in [6, 6.07) is 1.06. The number of fused-ring (bicyclic) bond motifs is 1. The van der Waals surface area contributed by atoms with E-state index in [0.29, 0.717) is 12.1 Å². The van der Waals surface area contributed by atoms with Crippen molar-refractivity contribution in [3.63, 3.8) is 0 Å². The number of rotatable bonds is 7. The predicted molar refractivity (Wildman–Crippen MR) is 88.9 cm³/mol. The van der Waals surface area contributed by atoms with Gasteiger partial charge in [0.2, 0.25) is 0 Å². The molecule has 1 N–H and O–H groups in total. The van der Waals surface area contributed by atoms with Gasteiger partial charge in [-0.3, -0.25) is 0 Å². The molecule has 114 valence electrons. The van der Waals surface area contributed by atoms with Crippen LogP contribution < -0.4 is 10.2 Å². The molecule has 4 heteroatoms. The summed E-state index contributed by atoms with van der Waals surface area (Å²) < 4.78 is 0. The Hall–Kier alpha value is -0.610. The quantitative estimate of drug-likeness (QED) is 0.819. The highest BCUT2D eigenvalue weighted by molar-refractivity contribution is 7.15. The molecule has 2 unspecified atom stereocenters. The molecule has 3 nitrogen and oxygen atoms in total. The third kappa shape index (κ3) is 3.34. The zero-order valence-electron chi connectivity index (χ0n) is 13.4. The molecule has 1 aromatic rings. The SMILES string of the molecule is CCCNC1CCCc2sc(N(CC)C(C)CC)nc21. The first-order valence-electron chi connectivity index (χ1n) is 8.20. The number of hydrogen-bond acceptors (Lipinski definition) is 4. The van der Waals surface area contributed by atoms with E-state index >= 15 is 0 Å². The van der Waals surface area contributed by atoms with Crippen LogP contribution in [0.5, 0.6) is 0 Å². The van der Waals surface area contributed by atoms with Crippen LogP contribution in [0.25, 0.3) is 0 Å². The number of anilines is 1. The van der Waals surface area contributed by atoms with Crippen LogP contribution in [-0.4, -0.2) is 24.1 Å². The minimum atomic E-state index is 0.485. The Kier molecular flexibility index (Phi) is 5.85. The van der Waals surface area contributed by atoms with Gasteiger partial charge in [0.15, 0.2) is 5.13 Å². The highest BCUT2D eigenvalue weighted by atomic mass is 32.1. The molecule has 0 saturated heterocycles. The average Bonchev–Trinajstić information content (AvgIpc) is 2.89. The fourth-order valence-electron chi connectivity index (χ4n) is 2.90. The third-order valence-corrected chi connectivity index (χ3v) is 5.46. The van der Waals surface area contributed by atoms with Gasteiger partial charge in [-0.15, -0.1) is 11.3 Å². The van der Waals surface area contributed by atoms with Gasteiger partial charge in [0, 0.05) is 17.5 Å². The van der Waals surface area contributed by atoms with E-state index in [1.54, 1.807) is 0 Å². The van der Waals surface area contributed by atoms with E-state index in [1.165, 1.54) is 47.8 Å². The summed E-state index contributed by atoms with van der Waals surface area (Å²) in [5.74, 6) is 0. The van der Waals surface area contributed by atoms with Crippen molar-refractivity contribution < 1.29 is 0 Å². The summed E-state index contributed by atoms with van der Waals surface area (Å²) in [6.45, 7) is 11.2. The molecule has 1 aliphatic carbocycles. The van der Waals surface area contributed by atoms with Gasteiger partial charge in [0.1, 0.15) is 0 Å². The van der Waals surface area contributed by atoms with Gasteiger partial charge in [0.25, 0.3) is 0 Å². The van der Waals surface area contributed by atoms with Crippen LogP contribution in [0.15, 0.2) is 0 Å². The number of hydrogen-bond donors (Lipinski definition) is 1. The summed E-state index contributed by atoms with van der Waals surface area (Å²) in [7, 11) is 0. The highest BCUT2D eigenvalue weighted by Gasteiger charge is 2.26. The maximum Gasteiger partial charge on any atom is 0.186 e. The average molecular weight is 295 g/mol. The van der Waals surface area contributed by atoms with E-state index in [2.05, 4.69) is 37.9 Å². The van der Waals surface area contributed by atoms with Crippen molar-refractivity contribution in [3.8, 4) is 0 Å². The summed E-state index contributed by atoms with van der Waals surface area (Å²) in [5.41, 5.74) is 1.34. The number of aryl methyl sites for hydroxylation is 1. The van der Waals surface area contributed by atoms with Gasteiger partial charge in [-0.1, -0.05) is 13.8 Å². The lowest BCUT2D eigenvalue weighted by Crippen LogP contribution is -2.32. The number of nitrogens with zero attached hydrogens (tertiary/aromatic N) is 2. The van der Waals surface area contributed by atoms with E-state index in [4.69, 9.17) is 4.98 Å².